The summed E-state index contributed by atoms with van der Waals surface area (Å²) in [5.41, 5.74) is 10.8. The fraction of sp³-hybridized carbons (Fsp3) is 0.342. The van der Waals surface area contributed by atoms with Crippen molar-refractivity contribution in [2.24, 2.45) is 5.92 Å². The quantitative estimate of drug-likeness (QED) is 0.141. The number of piperazine rings is 1. The van der Waals surface area contributed by atoms with Gasteiger partial charge in [0, 0.05) is 104 Å². The maximum absolute atomic E-state index is 3.43. The predicted molar refractivity (Wildman–Crippen MR) is 369 cm³/mol. The van der Waals surface area contributed by atoms with Crippen molar-refractivity contribution < 1.29 is 0 Å². The van der Waals surface area contributed by atoms with Gasteiger partial charge in [-0.15, -0.1) is 0 Å². The van der Waals surface area contributed by atoms with Gasteiger partial charge in [-0.25, -0.2) is 0 Å². The van der Waals surface area contributed by atoms with E-state index >= 15 is 0 Å². The summed E-state index contributed by atoms with van der Waals surface area (Å²) in [7, 11) is 6.56. The number of rotatable bonds is 10. The Balaban J connectivity index is 0.000000112. The number of nitrogens with one attached hydrogen (secondary N) is 1. The van der Waals surface area contributed by atoms with Crippen molar-refractivity contribution in [3.05, 3.63) is 194 Å². The van der Waals surface area contributed by atoms with Crippen LogP contribution in [0.15, 0.2) is 233 Å². The third-order valence-corrected chi connectivity index (χ3v) is 22.5. The Labute approximate surface area is 530 Å². The normalized spacial score (nSPS) is 18.3. The van der Waals surface area contributed by atoms with Crippen molar-refractivity contribution in [1.29, 1.82) is 0 Å². The van der Waals surface area contributed by atoms with Crippen molar-refractivity contribution in [3.63, 3.8) is 0 Å². The van der Waals surface area contributed by atoms with E-state index in [9.17, 15) is 0 Å². The molecule has 9 nitrogen and oxygen atoms in total. The first-order chi connectivity index (χ1) is 42.3. The van der Waals surface area contributed by atoms with Crippen LogP contribution in [-0.4, -0.2) is 125 Å². The zero-order valence-corrected chi connectivity index (χ0v) is 54.2. The smallest absolute Gasteiger partial charge is 0.0758 e. The molecule has 0 radical (unpaired) electrons. The van der Waals surface area contributed by atoms with Crippen LogP contribution in [0.4, 0.5) is 45.5 Å². The highest BCUT2D eigenvalue weighted by atomic mass is 32.2. The Bertz CT molecular complexity index is 3330. The minimum atomic E-state index is 0.499. The van der Waals surface area contributed by atoms with Gasteiger partial charge in [0.1, 0.15) is 0 Å². The highest BCUT2D eigenvalue weighted by Crippen LogP contribution is 2.52. The molecule has 2 unspecified atom stereocenters. The Morgan fingerprint density at radius 3 is 1.08 bits per heavy atom. The number of benzene rings is 8. The average molecular weight is 1220 g/mol. The van der Waals surface area contributed by atoms with Crippen molar-refractivity contribution in [2.45, 2.75) is 104 Å². The van der Waals surface area contributed by atoms with Crippen LogP contribution in [0.5, 0.6) is 0 Å². The van der Waals surface area contributed by atoms with E-state index in [1.807, 2.05) is 47.0 Å². The Morgan fingerprint density at radius 1 is 0.419 bits per heavy atom. The molecular weight excluding hydrogens is 1130 g/mol. The summed E-state index contributed by atoms with van der Waals surface area (Å²) >= 11 is 7.53. The molecule has 446 valence electrons. The van der Waals surface area contributed by atoms with E-state index in [0.717, 1.165) is 58.5 Å². The maximum Gasteiger partial charge on any atom is 0.0758 e. The lowest BCUT2D eigenvalue weighted by molar-refractivity contribution is 0.185. The monoisotopic (exact) mass is 1220 g/mol. The van der Waals surface area contributed by atoms with E-state index in [0.29, 0.717) is 12.1 Å². The van der Waals surface area contributed by atoms with Gasteiger partial charge in [-0.05, 0) is 163 Å². The molecule has 0 spiro atoms. The summed E-state index contributed by atoms with van der Waals surface area (Å²) in [5, 5.41) is 3.43. The van der Waals surface area contributed by atoms with Crippen LogP contribution in [0.2, 0.25) is 0 Å². The molecule has 0 aromatic heterocycles. The van der Waals surface area contributed by atoms with Crippen molar-refractivity contribution in [3.8, 4) is 0 Å². The van der Waals surface area contributed by atoms with Gasteiger partial charge in [-0.1, -0.05) is 164 Å². The fourth-order valence-corrected chi connectivity index (χ4v) is 17.0. The second-order valence-corrected chi connectivity index (χ2v) is 28.1. The molecule has 2 atom stereocenters. The number of hydrogen-bond donors (Lipinski definition) is 1. The van der Waals surface area contributed by atoms with Crippen LogP contribution in [0, 0.1) is 5.92 Å². The van der Waals surface area contributed by atoms with Gasteiger partial charge in [-0.2, -0.15) is 0 Å². The molecule has 0 aliphatic carbocycles. The number of likely N-dealkylation sites (tertiary alicyclic amines) is 2. The second-order valence-electron chi connectivity index (χ2n) is 23.8. The number of hydrogen-bond acceptors (Lipinski definition) is 13. The summed E-state index contributed by atoms with van der Waals surface area (Å²) in [5.74, 6) is 0.933. The molecule has 0 amide bonds. The Kier molecular flexibility index (Phi) is 20.4. The van der Waals surface area contributed by atoms with Gasteiger partial charge in [-0.3, -0.25) is 9.80 Å². The molecule has 8 aromatic carbocycles. The average Bonchev–Trinajstić information content (AvgIpc) is 1.75. The first-order valence-electron chi connectivity index (χ1n) is 31.3. The fourth-order valence-electron chi connectivity index (χ4n) is 12.6. The number of likely N-dealkylation sites (N-methyl/N-ethyl adjacent to an activating group) is 2. The zero-order valence-electron chi connectivity index (χ0n) is 50.9. The third-order valence-electron chi connectivity index (χ3n) is 17.9. The molecule has 13 heteroatoms. The van der Waals surface area contributed by atoms with Gasteiger partial charge >= 0.3 is 0 Å². The van der Waals surface area contributed by atoms with Crippen molar-refractivity contribution in [2.75, 3.05) is 113 Å². The van der Waals surface area contributed by atoms with E-state index in [-0.39, 0.29) is 0 Å². The molecule has 3 saturated heterocycles. The van der Waals surface area contributed by atoms with Gasteiger partial charge in [0.15, 0.2) is 0 Å². The standard InChI is InChI=1S/C20H24N2S.C19H22N2S.C17H19N3S.C17H20N2S/c1-2-16-11-13-21(14-12-16)15-22-17-7-3-5-9-19(17)23-20-10-6-4-8-18(20)22;1-20-13-7-6-8-15(20)14-21-16-9-2-4-11-18(16)22-19-12-5-3-10-17(19)21;1-3-7-16-14(5-1)20(13-19-11-9-18-10-12-19)15-6-2-4-8-17(15)21-16;1-13(18(2)3)12-19-14-8-4-6-10-16(14)20-17-11-7-5-9-15(17)19/h3-10,16H,2,11-15H2,1H3;2-5,9-12,15H,6-8,13-14H2,1H3;1-8,18H,9-13H2;4-11,13H,12H2,1-3H3. The minimum absolute atomic E-state index is 0.499. The van der Waals surface area contributed by atoms with Gasteiger partial charge < -0.3 is 34.7 Å². The third kappa shape index (κ3) is 14.2. The molecule has 7 heterocycles. The Morgan fingerprint density at radius 2 is 0.744 bits per heavy atom. The molecule has 7 aliphatic heterocycles. The summed E-state index contributed by atoms with van der Waals surface area (Å²) in [6.07, 6.45) is 8.05. The minimum Gasteiger partial charge on any atom is -0.338 e. The lowest BCUT2D eigenvalue weighted by Crippen LogP contribution is -2.47. The molecule has 1 N–H and O–H groups in total. The SMILES string of the molecule is CC(CN1c2ccccc2Sc2ccccc21)N(C)C.CCC1CCN(CN2c3ccccc3Sc3ccccc32)CC1.CN1CCCCC1CN1c2ccccc2Sc2ccccc21.c1ccc2c(c1)Sc1ccccc1N2CN1CCNCC1. The van der Waals surface area contributed by atoms with Crippen LogP contribution < -0.4 is 24.9 Å². The summed E-state index contributed by atoms with van der Waals surface area (Å²) in [6.45, 7) is 16.8. The number of piperidine rings is 2. The van der Waals surface area contributed by atoms with Crippen LogP contribution in [0.25, 0.3) is 0 Å². The van der Waals surface area contributed by atoms with Gasteiger partial charge in [0.05, 0.1) is 58.8 Å². The molecule has 3 fully saturated rings. The Hall–Kier alpha value is -5.84. The zero-order chi connectivity index (χ0) is 58.8. The van der Waals surface area contributed by atoms with Crippen LogP contribution in [-0.2, 0) is 0 Å². The molecule has 7 aliphatic rings. The van der Waals surface area contributed by atoms with E-state index < -0.39 is 0 Å². The summed E-state index contributed by atoms with van der Waals surface area (Å²) in [6, 6.07) is 71.2. The lowest BCUT2D eigenvalue weighted by Gasteiger charge is -2.39. The predicted octanol–water partition coefficient (Wildman–Crippen LogP) is 17.5. The van der Waals surface area contributed by atoms with Crippen LogP contribution in [0.3, 0.4) is 0 Å². The highest BCUT2D eigenvalue weighted by Gasteiger charge is 2.31. The van der Waals surface area contributed by atoms with Gasteiger partial charge in [0.25, 0.3) is 0 Å². The number of anilines is 8. The van der Waals surface area contributed by atoms with Crippen LogP contribution >= 0.6 is 47.0 Å². The van der Waals surface area contributed by atoms with Crippen LogP contribution in [0.1, 0.15) is 52.4 Å². The lowest BCUT2D eigenvalue weighted by atomic mass is 9.95. The first kappa shape index (κ1) is 60.4. The van der Waals surface area contributed by atoms with E-state index in [4.69, 9.17) is 0 Å². The summed E-state index contributed by atoms with van der Waals surface area (Å²) in [4.78, 5) is 30.8. The number of nitrogens with zero attached hydrogens (tertiary/aromatic N) is 8. The largest absolute Gasteiger partial charge is 0.338 e. The second kappa shape index (κ2) is 29.0. The molecule has 15 rings (SSSR count). The first-order valence-corrected chi connectivity index (χ1v) is 34.6. The molecule has 0 saturated carbocycles. The van der Waals surface area contributed by atoms with E-state index in [1.54, 1.807) is 0 Å². The molecule has 8 aromatic rings. The van der Waals surface area contributed by atoms with Crippen molar-refractivity contribution in [1.82, 2.24) is 24.9 Å². The molecule has 0 bridgehead atoms. The van der Waals surface area contributed by atoms with Gasteiger partial charge in [0.2, 0.25) is 0 Å². The van der Waals surface area contributed by atoms with E-state index in [1.165, 1.54) is 143 Å². The topological polar surface area (TPSA) is 38.0 Å². The maximum atomic E-state index is 3.43. The molecule has 86 heavy (non-hydrogen) atoms. The highest BCUT2D eigenvalue weighted by molar-refractivity contribution is 8.00. The summed E-state index contributed by atoms with van der Waals surface area (Å²) < 4.78 is 0. The van der Waals surface area contributed by atoms with E-state index in [2.05, 4.69) is 274 Å². The number of para-hydroxylation sites is 8. The van der Waals surface area contributed by atoms with Crippen molar-refractivity contribution >= 4 is 92.5 Å². The molecular formula is C73H85N9S4. The number of fused-ring (bicyclic) bond motifs is 8.